The Bertz CT molecular complexity index is 417. The van der Waals surface area contributed by atoms with Gasteiger partial charge < -0.3 is 5.32 Å². The second-order valence-corrected chi connectivity index (χ2v) is 8.52. The topological polar surface area (TPSA) is 54.9 Å². The van der Waals surface area contributed by atoms with Gasteiger partial charge >= 0.3 is 0 Å². The number of nitrogens with zero attached hydrogens (tertiary/aromatic N) is 2. The van der Waals surface area contributed by atoms with Gasteiger partial charge in [0.05, 0.1) is 5.75 Å². The van der Waals surface area contributed by atoms with Gasteiger partial charge in [0.15, 0.2) is 8.68 Å². The van der Waals surface area contributed by atoms with Crippen molar-refractivity contribution in [1.82, 2.24) is 15.5 Å². The van der Waals surface area contributed by atoms with Gasteiger partial charge in [-0.15, -0.1) is 10.2 Å². The smallest absolute Gasteiger partial charge is 0.230 e. The maximum atomic E-state index is 11.9. The van der Waals surface area contributed by atoms with Gasteiger partial charge in [-0.2, -0.15) is 0 Å². The molecule has 1 amide bonds. The number of amides is 1. The standard InChI is InChI=1S/C13H21N3OS3/c1-2-18-12-15-16-13(20-12)19-9-11(17)14-10-7-5-3-4-6-8-10/h10H,2-9H2,1H3,(H,14,17). The summed E-state index contributed by atoms with van der Waals surface area (Å²) in [5, 5.41) is 11.3. The molecule has 0 spiro atoms. The maximum absolute atomic E-state index is 11.9. The average molecular weight is 332 g/mol. The predicted octanol–water partition coefficient (Wildman–Crippen LogP) is 3.58. The van der Waals surface area contributed by atoms with Gasteiger partial charge in [-0.1, -0.05) is 67.5 Å². The van der Waals surface area contributed by atoms with E-state index in [1.54, 1.807) is 23.1 Å². The second-order valence-electron chi connectivity index (χ2n) is 4.81. The van der Waals surface area contributed by atoms with E-state index in [0.717, 1.165) is 27.3 Å². The first-order chi connectivity index (χ1) is 9.78. The molecular formula is C13H21N3OS3. The van der Waals surface area contributed by atoms with Crippen LogP contribution in [0, 0.1) is 0 Å². The van der Waals surface area contributed by atoms with Gasteiger partial charge in [-0.05, 0) is 18.6 Å². The largest absolute Gasteiger partial charge is 0.353 e. The Morgan fingerprint density at radius 1 is 1.20 bits per heavy atom. The second kappa shape index (κ2) is 8.89. The molecule has 112 valence electrons. The normalized spacial score (nSPS) is 16.9. The van der Waals surface area contributed by atoms with E-state index in [-0.39, 0.29) is 5.91 Å². The molecule has 0 unspecified atom stereocenters. The first kappa shape index (κ1) is 16.1. The summed E-state index contributed by atoms with van der Waals surface area (Å²) in [6, 6.07) is 0.381. The van der Waals surface area contributed by atoms with Gasteiger partial charge in [0, 0.05) is 6.04 Å². The molecule has 1 aliphatic carbocycles. The molecule has 20 heavy (non-hydrogen) atoms. The van der Waals surface area contributed by atoms with Crippen molar-refractivity contribution in [3.63, 3.8) is 0 Å². The van der Waals surface area contributed by atoms with Crippen LogP contribution in [0.2, 0.25) is 0 Å². The maximum Gasteiger partial charge on any atom is 0.230 e. The number of nitrogens with one attached hydrogen (secondary N) is 1. The number of carbonyl (C=O) groups excluding carboxylic acids is 1. The summed E-state index contributed by atoms with van der Waals surface area (Å²) in [7, 11) is 0. The highest BCUT2D eigenvalue weighted by molar-refractivity contribution is 8.03. The number of hydrogen-bond donors (Lipinski definition) is 1. The van der Waals surface area contributed by atoms with Crippen LogP contribution in [0.1, 0.15) is 45.4 Å². The van der Waals surface area contributed by atoms with Crippen LogP contribution in [0.25, 0.3) is 0 Å². The van der Waals surface area contributed by atoms with Crippen LogP contribution in [0.5, 0.6) is 0 Å². The summed E-state index contributed by atoms with van der Waals surface area (Å²) >= 11 is 4.75. The summed E-state index contributed by atoms with van der Waals surface area (Å²) in [5.41, 5.74) is 0. The predicted molar refractivity (Wildman–Crippen MR) is 86.7 cm³/mol. The quantitative estimate of drug-likeness (QED) is 0.638. The van der Waals surface area contributed by atoms with E-state index < -0.39 is 0 Å². The summed E-state index contributed by atoms with van der Waals surface area (Å²) in [5.74, 6) is 1.57. The molecule has 0 bridgehead atoms. The SMILES string of the molecule is CCSc1nnc(SCC(=O)NC2CCCCCC2)s1. The van der Waals surface area contributed by atoms with Crippen molar-refractivity contribution in [2.75, 3.05) is 11.5 Å². The molecule has 1 saturated carbocycles. The van der Waals surface area contributed by atoms with Gasteiger partial charge in [0.25, 0.3) is 0 Å². The molecule has 1 aromatic rings. The zero-order valence-corrected chi connectivity index (χ0v) is 14.2. The molecule has 1 aromatic heterocycles. The summed E-state index contributed by atoms with van der Waals surface area (Å²) in [4.78, 5) is 11.9. The van der Waals surface area contributed by atoms with Crippen molar-refractivity contribution in [3.05, 3.63) is 0 Å². The molecule has 7 heteroatoms. The minimum Gasteiger partial charge on any atom is -0.353 e. The van der Waals surface area contributed by atoms with E-state index >= 15 is 0 Å². The molecule has 0 atom stereocenters. The summed E-state index contributed by atoms with van der Waals surface area (Å²) in [6.45, 7) is 2.10. The highest BCUT2D eigenvalue weighted by Gasteiger charge is 2.15. The lowest BCUT2D eigenvalue weighted by Gasteiger charge is -2.15. The van der Waals surface area contributed by atoms with Crippen molar-refractivity contribution in [2.24, 2.45) is 0 Å². The minimum atomic E-state index is 0.127. The van der Waals surface area contributed by atoms with E-state index in [4.69, 9.17) is 0 Å². The van der Waals surface area contributed by atoms with E-state index in [9.17, 15) is 4.79 Å². The first-order valence-corrected chi connectivity index (χ1v) is 9.95. The van der Waals surface area contributed by atoms with Crippen LogP contribution in [-0.4, -0.2) is 33.7 Å². The number of carbonyl (C=O) groups is 1. The lowest BCUT2D eigenvalue weighted by molar-refractivity contribution is -0.119. The van der Waals surface area contributed by atoms with Gasteiger partial charge in [0.1, 0.15) is 0 Å². The molecular weight excluding hydrogens is 310 g/mol. The highest BCUT2D eigenvalue weighted by atomic mass is 32.2. The lowest BCUT2D eigenvalue weighted by Crippen LogP contribution is -2.35. The Hall–Kier alpha value is -0.270. The molecule has 0 aromatic carbocycles. The van der Waals surface area contributed by atoms with E-state index in [1.807, 2.05) is 0 Å². The number of hydrogen-bond acceptors (Lipinski definition) is 6. The zero-order chi connectivity index (χ0) is 14.2. The number of rotatable bonds is 6. The molecule has 2 rings (SSSR count). The highest BCUT2D eigenvalue weighted by Crippen LogP contribution is 2.28. The Balaban J connectivity index is 1.70. The van der Waals surface area contributed by atoms with Crippen molar-refractivity contribution in [3.8, 4) is 0 Å². The van der Waals surface area contributed by atoms with Crippen LogP contribution in [0.3, 0.4) is 0 Å². The van der Waals surface area contributed by atoms with Gasteiger partial charge in [-0.25, -0.2) is 0 Å². The van der Waals surface area contributed by atoms with E-state index in [1.165, 1.54) is 37.4 Å². The van der Waals surface area contributed by atoms with Gasteiger partial charge in [-0.3, -0.25) is 4.79 Å². The molecule has 1 N–H and O–H groups in total. The molecule has 4 nitrogen and oxygen atoms in total. The number of thioether (sulfide) groups is 2. The zero-order valence-electron chi connectivity index (χ0n) is 11.8. The minimum absolute atomic E-state index is 0.127. The Kier molecular flexibility index (Phi) is 7.16. The van der Waals surface area contributed by atoms with Crippen LogP contribution in [0.4, 0.5) is 0 Å². The summed E-state index contributed by atoms with van der Waals surface area (Å²) in [6.07, 6.45) is 7.37. The van der Waals surface area contributed by atoms with Gasteiger partial charge in [0.2, 0.25) is 5.91 Å². The molecule has 1 heterocycles. The summed E-state index contributed by atoms with van der Waals surface area (Å²) < 4.78 is 1.87. The molecule has 1 aliphatic rings. The molecule has 0 radical (unpaired) electrons. The van der Waals surface area contributed by atoms with Crippen LogP contribution < -0.4 is 5.32 Å². The van der Waals surface area contributed by atoms with Crippen LogP contribution >= 0.6 is 34.9 Å². The Morgan fingerprint density at radius 2 is 1.85 bits per heavy atom. The van der Waals surface area contributed by atoms with E-state index in [2.05, 4.69) is 22.4 Å². The Morgan fingerprint density at radius 3 is 2.50 bits per heavy atom. The van der Waals surface area contributed by atoms with Crippen molar-refractivity contribution in [1.29, 1.82) is 0 Å². The third kappa shape index (κ3) is 5.61. The van der Waals surface area contributed by atoms with Crippen LogP contribution in [-0.2, 0) is 4.79 Å². The van der Waals surface area contributed by atoms with Crippen molar-refractivity contribution >= 4 is 40.8 Å². The van der Waals surface area contributed by atoms with Crippen molar-refractivity contribution in [2.45, 2.75) is 60.2 Å². The molecule has 0 saturated heterocycles. The first-order valence-electron chi connectivity index (χ1n) is 7.16. The monoisotopic (exact) mass is 331 g/mol. The third-order valence-electron chi connectivity index (χ3n) is 3.20. The Labute approximate surface area is 132 Å². The molecule has 0 aliphatic heterocycles. The fourth-order valence-electron chi connectivity index (χ4n) is 2.26. The number of aromatic nitrogens is 2. The fourth-order valence-corrected chi connectivity index (χ4v) is 4.99. The lowest BCUT2D eigenvalue weighted by atomic mass is 10.1. The average Bonchev–Trinajstić information content (AvgIpc) is 2.72. The third-order valence-corrected chi connectivity index (χ3v) is 6.27. The fraction of sp³-hybridized carbons (Fsp3) is 0.769. The van der Waals surface area contributed by atoms with Crippen LogP contribution in [0.15, 0.2) is 8.68 Å². The van der Waals surface area contributed by atoms with E-state index in [0.29, 0.717) is 11.8 Å². The molecule has 1 fully saturated rings. The van der Waals surface area contributed by atoms with Crippen molar-refractivity contribution < 1.29 is 4.79 Å².